The van der Waals surface area contributed by atoms with Crippen LogP contribution in [0.1, 0.15) is 50.4 Å². The standard InChI is InChI=1S/C17H23BrO2/c1-11(2)13-9-8-12(3)10-16(13)20-17(19)14-6-4-5-7-15(14)18/h4-7,11-13,16H,8-10H2,1-3H3/t12-,13+,16-/m1/s1. The van der Waals surface area contributed by atoms with Gasteiger partial charge in [-0.1, -0.05) is 39.3 Å². The summed E-state index contributed by atoms with van der Waals surface area (Å²) in [4.78, 5) is 12.4. The number of hydrogen-bond donors (Lipinski definition) is 0. The molecule has 20 heavy (non-hydrogen) atoms. The molecule has 1 aliphatic carbocycles. The van der Waals surface area contributed by atoms with Gasteiger partial charge >= 0.3 is 5.97 Å². The van der Waals surface area contributed by atoms with Crippen molar-refractivity contribution in [1.82, 2.24) is 0 Å². The third kappa shape index (κ3) is 3.63. The van der Waals surface area contributed by atoms with Gasteiger partial charge < -0.3 is 4.74 Å². The fourth-order valence-corrected chi connectivity index (χ4v) is 3.52. The largest absolute Gasteiger partial charge is 0.458 e. The lowest BCUT2D eigenvalue weighted by Crippen LogP contribution is -2.35. The normalized spacial score (nSPS) is 26.6. The van der Waals surface area contributed by atoms with Crippen molar-refractivity contribution in [3.8, 4) is 0 Å². The minimum Gasteiger partial charge on any atom is -0.458 e. The average Bonchev–Trinajstić information content (AvgIpc) is 2.38. The van der Waals surface area contributed by atoms with Gasteiger partial charge in [-0.2, -0.15) is 0 Å². The number of ether oxygens (including phenoxy) is 1. The molecule has 1 fully saturated rings. The van der Waals surface area contributed by atoms with Crippen LogP contribution in [0.15, 0.2) is 28.7 Å². The third-order valence-electron chi connectivity index (χ3n) is 4.31. The molecular weight excluding hydrogens is 316 g/mol. The summed E-state index contributed by atoms with van der Waals surface area (Å²) in [6.07, 6.45) is 3.44. The molecule has 0 bridgehead atoms. The first-order valence-electron chi connectivity index (χ1n) is 7.44. The van der Waals surface area contributed by atoms with E-state index in [9.17, 15) is 4.79 Å². The smallest absolute Gasteiger partial charge is 0.339 e. The first-order chi connectivity index (χ1) is 9.49. The number of rotatable bonds is 3. The Balaban J connectivity index is 2.10. The highest BCUT2D eigenvalue weighted by Crippen LogP contribution is 2.36. The molecule has 0 aliphatic heterocycles. The molecule has 0 unspecified atom stereocenters. The van der Waals surface area contributed by atoms with Crippen molar-refractivity contribution in [1.29, 1.82) is 0 Å². The predicted molar refractivity (Wildman–Crippen MR) is 84.7 cm³/mol. The third-order valence-corrected chi connectivity index (χ3v) is 5.01. The van der Waals surface area contributed by atoms with Crippen LogP contribution >= 0.6 is 15.9 Å². The van der Waals surface area contributed by atoms with Crippen LogP contribution in [-0.2, 0) is 4.74 Å². The molecule has 3 heteroatoms. The van der Waals surface area contributed by atoms with Crippen LogP contribution in [0.25, 0.3) is 0 Å². The van der Waals surface area contributed by atoms with E-state index in [0.29, 0.717) is 23.3 Å². The Labute approximate surface area is 130 Å². The van der Waals surface area contributed by atoms with Crippen LogP contribution in [0, 0.1) is 17.8 Å². The lowest BCUT2D eigenvalue weighted by Gasteiger charge is -2.36. The first-order valence-corrected chi connectivity index (χ1v) is 8.23. The van der Waals surface area contributed by atoms with E-state index in [1.807, 2.05) is 24.3 Å². The van der Waals surface area contributed by atoms with Gasteiger partial charge in [-0.3, -0.25) is 0 Å². The van der Waals surface area contributed by atoms with Crippen molar-refractivity contribution >= 4 is 21.9 Å². The van der Waals surface area contributed by atoms with Gasteiger partial charge in [0.05, 0.1) is 5.56 Å². The Morgan fingerprint density at radius 3 is 2.65 bits per heavy atom. The predicted octanol–water partition coefficient (Wildman–Crippen LogP) is 5.07. The maximum absolute atomic E-state index is 12.4. The fourth-order valence-electron chi connectivity index (χ4n) is 3.08. The van der Waals surface area contributed by atoms with Crippen molar-refractivity contribution in [2.24, 2.45) is 17.8 Å². The zero-order valence-corrected chi connectivity index (χ0v) is 14.0. The zero-order valence-electron chi connectivity index (χ0n) is 12.4. The highest BCUT2D eigenvalue weighted by molar-refractivity contribution is 9.10. The van der Waals surface area contributed by atoms with E-state index in [0.717, 1.165) is 17.3 Å². The maximum atomic E-state index is 12.4. The van der Waals surface area contributed by atoms with Crippen molar-refractivity contribution in [3.63, 3.8) is 0 Å². The number of benzene rings is 1. The van der Waals surface area contributed by atoms with Crippen molar-refractivity contribution in [2.75, 3.05) is 0 Å². The van der Waals surface area contributed by atoms with Gasteiger partial charge in [0.15, 0.2) is 0 Å². The summed E-state index contributed by atoms with van der Waals surface area (Å²) in [6, 6.07) is 7.45. The minimum absolute atomic E-state index is 0.0540. The number of carbonyl (C=O) groups is 1. The summed E-state index contributed by atoms with van der Waals surface area (Å²) in [5, 5.41) is 0. The first kappa shape index (κ1) is 15.6. The molecule has 2 nitrogen and oxygen atoms in total. The molecule has 1 aromatic carbocycles. The zero-order chi connectivity index (χ0) is 14.7. The number of carbonyl (C=O) groups excluding carboxylic acids is 1. The highest BCUT2D eigenvalue weighted by Gasteiger charge is 2.33. The number of esters is 1. The molecule has 1 saturated carbocycles. The van der Waals surface area contributed by atoms with Crippen molar-refractivity contribution in [2.45, 2.75) is 46.1 Å². The lowest BCUT2D eigenvalue weighted by atomic mass is 9.75. The van der Waals surface area contributed by atoms with Gasteiger partial charge in [0.25, 0.3) is 0 Å². The van der Waals surface area contributed by atoms with Gasteiger partial charge in [0, 0.05) is 4.47 Å². The van der Waals surface area contributed by atoms with E-state index in [4.69, 9.17) is 4.74 Å². The summed E-state index contributed by atoms with van der Waals surface area (Å²) in [5.41, 5.74) is 0.619. The second-order valence-corrected chi connectivity index (χ2v) is 7.10. The van der Waals surface area contributed by atoms with Gasteiger partial charge in [-0.25, -0.2) is 4.79 Å². The monoisotopic (exact) mass is 338 g/mol. The fraction of sp³-hybridized carbons (Fsp3) is 0.588. The summed E-state index contributed by atoms with van der Waals surface area (Å²) >= 11 is 3.42. The second-order valence-electron chi connectivity index (χ2n) is 6.25. The summed E-state index contributed by atoms with van der Waals surface area (Å²) in [6.45, 7) is 6.69. The SMILES string of the molecule is CC(C)[C@@H]1CC[C@@H](C)C[C@H]1OC(=O)c1ccccc1Br. The molecule has 1 aliphatic rings. The molecule has 0 radical (unpaired) electrons. The maximum Gasteiger partial charge on any atom is 0.339 e. The minimum atomic E-state index is -0.206. The van der Waals surface area contributed by atoms with Crippen LogP contribution < -0.4 is 0 Å². The summed E-state index contributed by atoms with van der Waals surface area (Å²) in [7, 11) is 0. The second kappa shape index (κ2) is 6.75. The Kier molecular flexibility index (Phi) is 5.25. The molecule has 3 atom stereocenters. The molecule has 0 heterocycles. The van der Waals surface area contributed by atoms with Crippen LogP contribution in [0.2, 0.25) is 0 Å². The molecule has 0 amide bonds. The number of halogens is 1. The van der Waals surface area contributed by atoms with Crippen molar-refractivity contribution in [3.05, 3.63) is 34.3 Å². The molecule has 110 valence electrons. The lowest BCUT2D eigenvalue weighted by molar-refractivity contribution is -0.0174. The van der Waals surface area contributed by atoms with Gasteiger partial charge in [0.2, 0.25) is 0 Å². The molecule has 0 aromatic heterocycles. The number of hydrogen-bond acceptors (Lipinski definition) is 2. The topological polar surface area (TPSA) is 26.3 Å². The summed E-state index contributed by atoms with van der Waals surface area (Å²) < 4.78 is 6.63. The van der Waals surface area contributed by atoms with Gasteiger partial charge in [-0.05, 0) is 58.7 Å². The van der Waals surface area contributed by atoms with E-state index in [-0.39, 0.29) is 12.1 Å². The molecule has 2 rings (SSSR count). The van der Waals surface area contributed by atoms with Gasteiger partial charge in [-0.15, -0.1) is 0 Å². The van der Waals surface area contributed by atoms with E-state index >= 15 is 0 Å². The van der Waals surface area contributed by atoms with Gasteiger partial charge in [0.1, 0.15) is 6.10 Å². The van der Waals surface area contributed by atoms with E-state index in [1.165, 1.54) is 6.42 Å². The quantitative estimate of drug-likeness (QED) is 0.719. The van der Waals surface area contributed by atoms with Crippen LogP contribution in [-0.4, -0.2) is 12.1 Å². The molecular formula is C17H23BrO2. The molecule has 0 N–H and O–H groups in total. The summed E-state index contributed by atoms with van der Waals surface area (Å²) in [5.74, 6) is 1.47. The Bertz CT molecular complexity index is 470. The molecule has 1 aromatic rings. The Morgan fingerprint density at radius 1 is 1.30 bits per heavy atom. The van der Waals surface area contributed by atoms with E-state index in [2.05, 4.69) is 36.7 Å². The molecule has 0 spiro atoms. The van der Waals surface area contributed by atoms with Crippen LogP contribution in [0.4, 0.5) is 0 Å². The highest BCUT2D eigenvalue weighted by atomic mass is 79.9. The Hall–Kier alpha value is -0.830. The van der Waals surface area contributed by atoms with Crippen molar-refractivity contribution < 1.29 is 9.53 Å². The van der Waals surface area contributed by atoms with Crippen LogP contribution in [0.3, 0.4) is 0 Å². The average molecular weight is 339 g/mol. The molecule has 0 saturated heterocycles. The van der Waals surface area contributed by atoms with E-state index in [1.54, 1.807) is 0 Å². The Morgan fingerprint density at radius 2 is 2.00 bits per heavy atom. The van der Waals surface area contributed by atoms with E-state index < -0.39 is 0 Å². The van der Waals surface area contributed by atoms with Crippen LogP contribution in [0.5, 0.6) is 0 Å².